The summed E-state index contributed by atoms with van der Waals surface area (Å²) < 4.78 is 27.1. The zero-order valence-corrected chi connectivity index (χ0v) is 14.6. The molecule has 4 rings (SSSR count). The van der Waals surface area contributed by atoms with Gasteiger partial charge in [-0.05, 0) is 24.3 Å². The van der Waals surface area contributed by atoms with Gasteiger partial charge in [0.1, 0.15) is 11.6 Å². The highest BCUT2D eigenvalue weighted by Crippen LogP contribution is 2.36. The van der Waals surface area contributed by atoms with Gasteiger partial charge in [-0.25, -0.2) is 8.78 Å². The number of nitrogens with zero attached hydrogens (tertiary/aromatic N) is 2. The number of anilines is 2. The molecular formula is C19H16F2N2O2S. The molecule has 0 aliphatic carbocycles. The second kappa shape index (κ2) is 6.72. The highest BCUT2D eigenvalue weighted by atomic mass is 32.2. The predicted molar refractivity (Wildman–Crippen MR) is 96.3 cm³/mol. The van der Waals surface area contributed by atoms with Crippen LogP contribution < -0.4 is 9.80 Å². The number of hydrogen-bond donors (Lipinski definition) is 0. The molecule has 0 spiro atoms. The van der Waals surface area contributed by atoms with E-state index in [2.05, 4.69) is 0 Å². The van der Waals surface area contributed by atoms with E-state index in [1.54, 1.807) is 16.7 Å². The van der Waals surface area contributed by atoms with Crippen molar-refractivity contribution in [2.24, 2.45) is 5.92 Å². The minimum Gasteiger partial charge on any atom is -0.310 e. The number of carbonyl (C=O) groups is 2. The van der Waals surface area contributed by atoms with E-state index >= 15 is 0 Å². The predicted octanol–water partition coefficient (Wildman–Crippen LogP) is 3.46. The molecule has 2 aromatic rings. The van der Waals surface area contributed by atoms with Crippen LogP contribution in [0.1, 0.15) is 6.42 Å². The molecule has 7 heteroatoms. The van der Waals surface area contributed by atoms with Gasteiger partial charge in [-0.15, -0.1) is 11.8 Å². The van der Waals surface area contributed by atoms with E-state index in [1.807, 2.05) is 24.3 Å². The summed E-state index contributed by atoms with van der Waals surface area (Å²) in [6.45, 7) is 0.683. The SMILES string of the molecule is O=C1CC(C(=O)N2CCSc3ccccc32)CN1c1ccc(F)cc1F. The Balaban J connectivity index is 1.57. The van der Waals surface area contributed by atoms with Gasteiger partial charge in [0, 0.05) is 36.2 Å². The number of amides is 2. The average molecular weight is 374 g/mol. The summed E-state index contributed by atoms with van der Waals surface area (Å²) >= 11 is 1.70. The Bertz CT molecular complexity index is 890. The largest absolute Gasteiger partial charge is 0.310 e. The monoisotopic (exact) mass is 374 g/mol. The normalized spacial score (nSPS) is 19.6. The van der Waals surface area contributed by atoms with Gasteiger partial charge < -0.3 is 9.80 Å². The van der Waals surface area contributed by atoms with E-state index in [0.717, 1.165) is 28.5 Å². The lowest BCUT2D eigenvalue weighted by atomic mass is 10.1. The molecule has 1 unspecified atom stereocenters. The first kappa shape index (κ1) is 17.0. The van der Waals surface area contributed by atoms with E-state index < -0.39 is 17.6 Å². The third-order valence-electron chi connectivity index (χ3n) is 4.67. The maximum absolute atomic E-state index is 14.0. The smallest absolute Gasteiger partial charge is 0.232 e. The molecule has 2 heterocycles. The number of para-hydroxylation sites is 1. The Morgan fingerprint density at radius 1 is 1.12 bits per heavy atom. The molecule has 4 nitrogen and oxygen atoms in total. The molecule has 0 N–H and O–H groups in total. The zero-order chi connectivity index (χ0) is 18.3. The van der Waals surface area contributed by atoms with Crippen molar-refractivity contribution in [3.8, 4) is 0 Å². The van der Waals surface area contributed by atoms with E-state index in [1.165, 1.54) is 11.0 Å². The number of hydrogen-bond acceptors (Lipinski definition) is 3. The summed E-state index contributed by atoms with van der Waals surface area (Å²) in [7, 11) is 0. The lowest BCUT2D eigenvalue weighted by Crippen LogP contribution is -2.40. The fraction of sp³-hybridized carbons (Fsp3) is 0.263. The van der Waals surface area contributed by atoms with E-state index in [9.17, 15) is 18.4 Å². The minimum absolute atomic E-state index is 0.0151. The molecule has 2 aromatic carbocycles. The molecule has 2 aliphatic heterocycles. The molecule has 0 aromatic heterocycles. The van der Waals surface area contributed by atoms with Crippen molar-refractivity contribution in [3.05, 3.63) is 54.1 Å². The second-order valence-electron chi connectivity index (χ2n) is 6.31. The van der Waals surface area contributed by atoms with Gasteiger partial charge in [-0.2, -0.15) is 0 Å². The van der Waals surface area contributed by atoms with Gasteiger partial charge in [0.25, 0.3) is 0 Å². The van der Waals surface area contributed by atoms with Gasteiger partial charge in [0.05, 0.1) is 17.3 Å². The molecule has 2 aliphatic rings. The fourth-order valence-electron chi connectivity index (χ4n) is 3.42. The topological polar surface area (TPSA) is 40.6 Å². The summed E-state index contributed by atoms with van der Waals surface area (Å²) in [6, 6.07) is 10.8. The van der Waals surface area contributed by atoms with Crippen molar-refractivity contribution in [3.63, 3.8) is 0 Å². The lowest BCUT2D eigenvalue weighted by Gasteiger charge is -2.30. The molecule has 2 amide bonds. The molecular weight excluding hydrogens is 358 g/mol. The summed E-state index contributed by atoms with van der Waals surface area (Å²) in [5.74, 6) is -1.70. The Kier molecular flexibility index (Phi) is 4.40. The third kappa shape index (κ3) is 2.96. The van der Waals surface area contributed by atoms with Crippen molar-refractivity contribution in [1.82, 2.24) is 0 Å². The zero-order valence-electron chi connectivity index (χ0n) is 13.8. The minimum atomic E-state index is -0.800. The highest BCUT2D eigenvalue weighted by molar-refractivity contribution is 7.99. The quantitative estimate of drug-likeness (QED) is 0.808. The highest BCUT2D eigenvalue weighted by Gasteiger charge is 2.39. The molecule has 1 saturated heterocycles. The fourth-order valence-corrected chi connectivity index (χ4v) is 4.42. The van der Waals surface area contributed by atoms with Crippen LogP contribution in [-0.4, -0.2) is 30.7 Å². The van der Waals surface area contributed by atoms with Crippen molar-refractivity contribution in [2.45, 2.75) is 11.3 Å². The first-order valence-electron chi connectivity index (χ1n) is 8.33. The van der Waals surface area contributed by atoms with Gasteiger partial charge >= 0.3 is 0 Å². The van der Waals surface area contributed by atoms with Crippen molar-refractivity contribution < 1.29 is 18.4 Å². The Labute approximate surface area is 153 Å². The number of fused-ring (bicyclic) bond motifs is 1. The van der Waals surface area contributed by atoms with E-state index in [-0.39, 0.29) is 30.5 Å². The number of halogens is 2. The van der Waals surface area contributed by atoms with Gasteiger partial charge in [-0.3, -0.25) is 9.59 Å². The number of carbonyl (C=O) groups excluding carboxylic acids is 2. The van der Waals surface area contributed by atoms with Crippen LogP contribution >= 0.6 is 11.8 Å². The van der Waals surface area contributed by atoms with E-state index in [0.29, 0.717) is 6.54 Å². The number of benzene rings is 2. The Morgan fingerprint density at radius 2 is 1.92 bits per heavy atom. The average Bonchev–Trinajstić information content (AvgIpc) is 3.02. The molecule has 26 heavy (non-hydrogen) atoms. The maximum atomic E-state index is 14.0. The Hall–Kier alpha value is -2.41. The second-order valence-corrected chi connectivity index (χ2v) is 7.44. The first-order chi connectivity index (χ1) is 12.5. The van der Waals surface area contributed by atoms with Gasteiger partial charge in [-0.1, -0.05) is 12.1 Å². The summed E-state index contributed by atoms with van der Waals surface area (Å²) in [5.41, 5.74) is 0.869. The maximum Gasteiger partial charge on any atom is 0.232 e. The Morgan fingerprint density at radius 3 is 2.73 bits per heavy atom. The van der Waals surface area contributed by atoms with Gasteiger partial charge in [0.2, 0.25) is 11.8 Å². The summed E-state index contributed by atoms with van der Waals surface area (Å²) in [6.07, 6.45) is 0.0292. The standard InChI is InChI=1S/C19H16F2N2O2S/c20-13-5-6-15(14(21)10-13)23-11-12(9-18(23)24)19(25)22-7-8-26-17-4-2-1-3-16(17)22/h1-6,10,12H,7-9,11H2. The lowest BCUT2D eigenvalue weighted by molar-refractivity contribution is -0.124. The van der Waals surface area contributed by atoms with Gasteiger partial charge in [0.15, 0.2) is 0 Å². The van der Waals surface area contributed by atoms with Crippen LogP contribution in [0.3, 0.4) is 0 Å². The first-order valence-corrected chi connectivity index (χ1v) is 9.32. The summed E-state index contributed by atoms with van der Waals surface area (Å²) in [5, 5.41) is 0. The summed E-state index contributed by atoms with van der Waals surface area (Å²) in [4.78, 5) is 29.3. The van der Waals surface area contributed by atoms with Crippen LogP contribution in [0.15, 0.2) is 47.4 Å². The molecule has 1 atom stereocenters. The van der Waals surface area contributed by atoms with Crippen LogP contribution in [0.2, 0.25) is 0 Å². The van der Waals surface area contributed by atoms with Crippen LogP contribution in [0.25, 0.3) is 0 Å². The number of thioether (sulfide) groups is 1. The van der Waals surface area contributed by atoms with Crippen molar-refractivity contribution >= 4 is 35.0 Å². The molecule has 0 bridgehead atoms. The van der Waals surface area contributed by atoms with Crippen LogP contribution in [0, 0.1) is 17.6 Å². The molecule has 1 fully saturated rings. The third-order valence-corrected chi connectivity index (χ3v) is 5.71. The van der Waals surface area contributed by atoms with Crippen molar-refractivity contribution in [1.29, 1.82) is 0 Å². The van der Waals surface area contributed by atoms with E-state index in [4.69, 9.17) is 0 Å². The van der Waals surface area contributed by atoms with Crippen LogP contribution in [-0.2, 0) is 9.59 Å². The molecule has 0 radical (unpaired) electrons. The molecule has 0 saturated carbocycles. The molecule has 134 valence electrons. The van der Waals surface area contributed by atoms with Crippen LogP contribution in [0.4, 0.5) is 20.2 Å². The number of rotatable bonds is 2. The van der Waals surface area contributed by atoms with Crippen LogP contribution in [0.5, 0.6) is 0 Å². The van der Waals surface area contributed by atoms with Crippen molar-refractivity contribution in [2.75, 3.05) is 28.6 Å².